The van der Waals surface area contributed by atoms with Crippen molar-refractivity contribution in [2.75, 3.05) is 26.8 Å². The van der Waals surface area contributed by atoms with Crippen molar-refractivity contribution in [3.05, 3.63) is 57.2 Å². The zero-order valence-electron chi connectivity index (χ0n) is 20.4. The summed E-state index contributed by atoms with van der Waals surface area (Å²) in [6, 6.07) is 9.76. The highest BCUT2D eigenvalue weighted by atomic mass is 79.9. The molecule has 3 aromatic rings. The van der Waals surface area contributed by atoms with Crippen LogP contribution in [-0.2, 0) is 11.3 Å². The molecule has 36 heavy (non-hydrogen) atoms. The third kappa shape index (κ3) is 4.88. The summed E-state index contributed by atoms with van der Waals surface area (Å²) < 4.78 is 13.8. The molecule has 2 aromatic carbocycles. The predicted molar refractivity (Wildman–Crippen MR) is 151 cm³/mol. The molecule has 0 bridgehead atoms. The van der Waals surface area contributed by atoms with Crippen molar-refractivity contribution >= 4 is 62.3 Å². The van der Waals surface area contributed by atoms with Gasteiger partial charge in [-0.25, -0.2) is 4.79 Å². The first-order chi connectivity index (χ1) is 16.9. The Morgan fingerprint density at radius 3 is 2.58 bits per heavy atom. The third-order valence-corrected chi connectivity index (χ3v) is 7.87. The van der Waals surface area contributed by atoms with Crippen molar-refractivity contribution in [2.45, 2.75) is 45.2 Å². The molecule has 5 rings (SSSR count). The van der Waals surface area contributed by atoms with Gasteiger partial charge >= 0.3 is 5.97 Å². The van der Waals surface area contributed by atoms with Crippen molar-refractivity contribution in [1.29, 1.82) is 0 Å². The Balaban J connectivity index is 0.00000304. The Morgan fingerprint density at radius 1 is 1.22 bits per heavy atom. The van der Waals surface area contributed by atoms with Crippen molar-refractivity contribution in [2.24, 2.45) is 0 Å². The average molecular weight is 594 g/mol. The van der Waals surface area contributed by atoms with Crippen LogP contribution in [0.25, 0.3) is 10.9 Å². The van der Waals surface area contributed by atoms with Gasteiger partial charge in [0.2, 0.25) is 0 Å². The van der Waals surface area contributed by atoms with Crippen LogP contribution in [0, 0.1) is 0 Å². The summed E-state index contributed by atoms with van der Waals surface area (Å²) >= 11 is 9.62. The van der Waals surface area contributed by atoms with Gasteiger partial charge in [0.25, 0.3) is 0 Å². The lowest BCUT2D eigenvalue weighted by Crippen LogP contribution is -2.19. The molecule has 2 heterocycles. The molecule has 1 N–H and O–H groups in total. The number of phenols is 1. The van der Waals surface area contributed by atoms with Crippen molar-refractivity contribution in [3.63, 3.8) is 0 Å². The van der Waals surface area contributed by atoms with E-state index in [2.05, 4.69) is 25.4 Å². The third-order valence-electron chi connectivity index (χ3n) is 6.84. The van der Waals surface area contributed by atoms with E-state index in [9.17, 15) is 9.90 Å². The van der Waals surface area contributed by atoms with E-state index in [1.165, 1.54) is 0 Å². The molecule has 1 aliphatic heterocycles. The Morgan fingerprint density at radius 2 is 1.94 bits per heavy atom. The second-order valence-electron chi connectivity index (χ2n) is 9.17. The maximum absolute atomic E-state index is 13.6. The number of likely N-dealkylation sites (tertiary alicyclic amines) is 1. The van der Waals surface area contributed by atoms with Gasteiger partial charge in [-0.2, -0.15) is 0 Å². The molecule has 192 valence electrons. The van der Waals surface area contributed by atoms with Crippen LogP contribution in [0.2, 0.25) is 0 Å². The minimum absolute atomic E-state index is 0. The zero-order chi connectivity index (χ0) is 24.7. The Kier molecular flexibility index (Phi) is 8.29. The number of esters is 1. The number of hydrogen-bond acceptors (Lipinski definition) is 6. The Hall–Kier alpha value is -2.13. The number of aromatic nitrogens is 1. The van der Waals surface area contributed by atoms with E-state index < -0.39 is 5.97 Å². The largest absolute Gasteiger partial charge is 0.506 e. The number of carbonyl (C=O) groups excluding carboxylic acids is 1. The van der Waals surface area contributed by atoms with Crippen molar-refractivity contribution in [3.8, 4) is 11.5 Å². The SMILES string of the molecule is CCOC(=O)c1c(C(=S)c2cccc(OC)c2)n(C2CC2)c2cc(Br)c(O)c(CN3CCCC3)c12.Cl. The molecule has 9 heteroatoms. The number of ether oxygens (including phenoxy) is 2. The number of methoxy groups -OCH3 is 1. The predicted octanol–water partition coefficient (Wildman–Crippen LogP) is 6.41. The van der Waals surface area contributed by atoms with Gasteiger partial charge in [-0.1, -0.05) is 24.4 Å². The number of carbonyl (C=O) groups is 1. The molecular formula is C27H30BrClN2O4S. The lowest BCUT2D eigenvalue weighted by Gasteiger charge is -2.18. The highest BCUT2D eigenvalue weighted by molar-refractivity contribution is 9.10. The summed E-state index contributed by atoms with van der Waals surface area (Å²) in [7, 11) is 1.62. The standard InChI is InChI=1S/C27H29BrN2O4S.ClH/c1-3-34-27(32)23-22-19(15-29-11-4-5-12-29)25(31)20(28)14-21(22)30(17-9-10-17)24(23)26(35)16-7-6-8-18(13-16)33-2;/h6-8,13-14,17,31H,3-5,9-12,15H2,1-2H3;1H. The van der Waals surface area contributed by atoms with Gasteiger partial charge in [-0.15, -0.1) is 12.4 Å². The lowest BCUT2D eigenvalue weighted by atomic mass is 10.00. The average Bonchev–Trinajstić information content (AvgIpc) is 3.45. The topological polar surface area (TPSA) is 63.9 Å². The van der Waals surface area contributed by atoms with Gasteiger partial charge in [0.15, 0.2) is 0 Å². The molecule has 0 amide bonds. The zero-order valence-corrected chi connectivity index (χ0v) is 23.6. The first-order valence-corrected chi connectivity index (χ1v) is 13.3. The smallest absolute Gasteiger partial charge is 0.341 e. The van der Waals surface area contributed by atoms with Crippen molar-refractivity contribution in [1.82, 2.24) is 9.47 Å². The van der Waals surface area contributed by atoms with Crippen LogP contribution < -0.4 is 4.74 Å². The second-order valence-corrected chi connectivity index (χ2v) is 10.4. The summed E-state index contributed by atoms with van der Waals surface area (Å²) in [6.07, 6.45) is 4.30. The van der Waals surface area contributed by atoms with Crippen LogP contribution in [0.3, 0.4) is 0 Å². The van der Waals surface area contributed by atoms with Gasteiger partial charge in [-0.3, -0.25) is 4.90 Å². The fourth-order valence-electron chi connectivity index (χ4n) is 5.06. The number of aromatic hydroxyl groups is 1. The van der Waals surface area contributed by atoms with Crippen LogP contribution in [0.15, 0.2) is 34.8 Å². The van der Waals surface area contributed by atoms with E-state index in [0.717, 1.165) is 60.8 Å². The van der Waals surface area contributed by atoms with Gasteiger partial charge in [-0.05, 0) is 85.4 Å². The van der Waals surface area contributed by atoms with E-state index in [4.69, 9.17) is 21.7 Å². The minimum atomic E-state index is -0.415. The molecule has 2 aliphatic rings. The first-order valence-electron chi connectivity index (χ1n) is 12.1. The van der Waals surface area contributed by atoms with Gasteiger partial charge in [0, 0.05) is 23.5 Å². The lowest BCUT2D eigenvalue weighted by molar-refractivity contribution is 0.0528. The molecule has 0 spiro atoms. The molecule has 2 fully saturated rings. The number of halogens is 2. The Bertz CT molecular complexity index is 1320. The van der Waals surface area contributed by atoms with E-state index in [-0.39, 0.29) is 30.8 Å². The molecule has 1 saturated carbocycles. The monoisotopic (exact) mass is 592 g/mol. The van der Waals surface area contributed by atoms with E-state index in [1.807, 2.05) is 30.3 Å². The van der Waals surface area contributed by atoms with Gasteiger partial charge < -0.3 is 19.1 Å². The van der Waals surface area contributed by atoms with E-state index >= 15 is 0 Å². The molecule has 6 nitrogen and oxygen atoms in total. The highest BCUT2D eigenvalue weighted by Crippen LogP contribution is 2.47. The molecule has 1 saturated heterocycles. The number of rotatable bonds is 8. The Labute approximate surface area is 231 Å². The molecule has 0 unspecified atom stereocenters. The molecule has 1 aliphatic carbocycles. The van der Waals surface area contributed by atoms with Crippen LogP contribution in [-0.4, -0.2) is 52.2 Å². The maximum atomic E-state index is 13.6. The first kappa shape index (κ1) is 26.9. The van der Waals surface area contributed by atoms with Crippen LogP contribution in [0.1, 0.15) is 65.8 Å². The summed E-state index contributed by atoms with van der Waals surface area (Å²) in [5.74, 6) is 0.454. The van der Waals surface area contributed by atoms with Gasteiger partial charge in [0.05, 0.1) is 39.8 Å². The van der Waals surface area contributed by atoms with Gasteiger partial charge in [0.1, 0.15) is 11.5 Å². The minimum Gasteiger partial charge on any atom is -0.506 e. The maximum Gasteiger partial charge on any atom is 0.341 e. The summed E-state index contributed by atoms with van der Waals surface area (Å²) in [5.41, 5.74) is 3.57. The fraction of sp³-hybridized carbons (Fsp3) is 0.407. The fourth-order valence-corrected chi connectivity index (χ4v) is 5.85. The van der Waals surface area contributed by atoms with E-state index in [1.54, 1.807) is 14.0 Å². The van der Waals surface area contributed by atoms with Crippen LogP contribution in [0.4, 0.5) is 0 Å². The number of thiocarbonyl (C=S) groups is 1. The number of hydrogen-bond donors (Lipinski definition) is 1. The number of phenolic OH excluding ortho intramolecular Hbond substituents is 1. The van der Waals surface area contributed by atoms with Crippen LogP contribution >= 0.6 is 40.6 Å². The summed E-state index contributed by atoms with van der Waals surface area (Å²) in [4.78, 5) is 16.4. The quantitative estimate of drug-likeness (QED) is 0.185. The molecule has 1 aromatic heterocycles. The molecular weight excluding hydrogens is 564 g/mol. The summed E-state index contributed by atoms with van der Waals surface area (Å²) in [6.45, 7) is 4.57. The molecule has 0 radical (unpaired) electrons. The molecule has 0 atom stereocenters. The summed E-state index contributed by atoms with van der Waals surface area (Å²) in [5, 5.41) is 11.9. The highest BCUT2D eigenvalue weighted by Gasteiger charge is 2.36. The van der Waals surface area contributed by atoms with Crippen molar-refractivity contribution < 1.29 is 19.4 Å². The van der Waals surface area contributed by atoms with Crippen LogP contribution in [0.5, 0.6) is 11.5 Å². The number of fused-ring (bicyclic) bond motifs is 1. The van der Waals surface area contributed by atoms with E-state index in [0.29, 0.717) is 32.9 Å². The normalized spacial score (nSPS) is 15.6. The number of nitrogens with zero attached hydrogens (tertiary/aromatic N) is 2. The second kappa shape index (κ2) is 11.1. The number of benzene rings is 2.